The number of rotatable bonds is 3. The van der Waals surface area contributed by atoms with Crippen molar-refractivity contribution in [1.82, 2.24) is 5.32 Å². The Bertz CT molecular complexity index is 310. The predicted molar refractivity (Wildman–Crippen MR) is 54.9 cm³/mol. The SMILES string of the molecule is CNC(=O)C(C)(OC)c1ccccc1. The minimum Gasteiger partial charge on any atom is -0.364 e. The molecule has 1 aromatic carbocycles. The minimum atomic E-state index is -0.907. The van der Waals surface area contributed by atoms with Gasteiger partial charge in [0.2, 0.25) is 0 Å². The molecular formula is C11H15NO2. The van der Waals surface area contributed by atoms with Crippen molar-refractivity contribution in [2.75, 3.05) is 14.2 Å². The number of ether oxygens (including phenoxy) is 1. The van der Waals surface area contributed by atoms with E-state index in [0.29, 0.717) is 0 Å². The smallest absolute Gasteiger partial charge is 0.256 e. The fourth-order valence-electron chi connectivity index (χ4n) is 1.34. The third-order valence-corrected chi connectivity index (χ3v) is 2.39. The largest absolute Gasteiger partial charge is 0.364 e. The van der Waals surface area contributed by atoms with Gasteiger partial charge in [-0.3, -0.25) is 4.79 Å². The van der Waals surface area contributed by atoms with Crippen LogP contribution in [0.5, 0.6) is 0 Å². The van der Waals surface area contributed by atoms with E-state index < -0.39 is 5.60 Å². The highest BCUT2D eigenvalue weighted by Crippen LogP contribution is 2.24. The molecule has 1 amide bonds. The molecule has 1 atom stereocenters. The van der Waals surface area contributed by atoms with Gasteiger partial charge < -0.3 is 10.1 Å². The normalized spacial score (nSPS) is 14.5. The molecule has 1 unspecified atom stereocenters. The lowest BCUT2D eigenvalue weighted by Crippen LogP contribution is -2.42. The van der Waals surface area contributed by atoms with Gasteiger partial charge in [0.1, 0.15) is 0 Å². The summed E-state index contributed by atoms with van der Waals surface area (Å²) in [6, 6.07) is 9.42. The van der Waals surface area contributed by atoms with E-state index in [2.05, 4.69) is 5.32 Å². The van der Waals surface area contributed by atoms with Crippen molar-refractivity contribution in [3.05, 3.63) is 35.9 Å². The van der Waals surface area contributed by atoms with Crippen molar-refractivity contribution in [2.45, 2.75) is 12.5 Å². The van der Waals surface area contributed by atoms with Gasteiger partial charge in [-0.25, -0.2) is 0 Å². The molecule has 0 heterocycles. The molecule has 0 spiro atoms. The van der Waals surface area contributed by atoms with Crippen molar-refractivity contribution >= 4 is 5.91 Å². The summed E-state index contributed by atoms with van der Waals surface area (Å²) in [4.78, 5) is 11.6. The van der Waals surface area contributed by atoms with E-state index in [9.17, 15) is 4.79 Å². The lowest BCUT2D eigenvalue weighted by atomic mass is 9.95. The van der Waals surface area contributed by atoms with Crippen LogP contribution < -0.4 is 5.32 Å². The first-order valence-corrected chi connectivity index (χ1v) is 4.48. The van der Waals surface area contributed by atoms with Gasteiger partial charge in [-0.05, 0) is 12.5 Å². The molecule has 14 heavy (non-hydrogen) atoms. The molecule has 0 fully saturated rings. The molecule has 0 bridgehead atoms. The summed E-state index contributed by atoms with van der Waals surface area (Å²) >= 11 is 0. The summed E-state index contributed by atoms with van der Waals surface area (Å²) in [6.45, 7) is 1.75. The monoisotopic (exact) mass is 193 g/mol. The third kappa shape index (κ3) is 1.77. The van der Waals surface area contributed by atoms with Crippen LogP contribution in [0.25, 0.3) is 0 Å². The van der Waals surface area contributed by atoms with Crippen LogP contribution in [0.1, 0.15) is 12.5 Å². The maximum atomic E-state index is 11.6. The highest BCUT2D eigenvalue weighted by molar-refractivity contribution is 5.85. The number of carbonyl (C=O) groups excluding carboxylic acids is 1. The van der Waals surface area contributed by atoms with Crippen molar-refractivity contribution in [3.63, 3.8) is 0 Å². The van der Waals surface area contributed by atoms with Crippen LogP contribution in [0.4, 0.5) is 0 Å². The minimum absolute atomic E-state index is 0.147. The van der Waals surface area contributed by atoms with E-state index in [4.69, 9.17) is 4.74 Å². The quantitative estimate of drug-likeness (QED) is 0.785. The number of amides is 1. The Balaban J connectivity index is 3.08. The Morgan fingerprint density at radius 3 is 2.36 bits per heavy atom. The second kappa shape index (κ2) is 4.24. The van der Waals surface area contributed by atoms with Gasteiger partial charge in [-0.2, -0.15) is 0 Å². The molecule has 0 aliphatic heterocycles. The molecule has 1 rings (SSSR count). The summed E-state index contributed by atoms with van der Waals surface area (Å²) < 4.78 is 5.26. The second-order valence-corrected chi connectivity index (χ2v) is 3.18. The van der Waals surface area contributed by atoms with E-state index in [1.807, 2.05) is 30.3 Å². The number of likely N-dealkylation sites (N-methyl/N-ethyl adjacent to an activating group) is 1. The van der Waals surface area contributed by atoms with Gasteiger partial charge in [0, 0.05) is 14.2 Å². The van der Waals surface area contributed by atoms with Gasteiger partial charge in [0.15, 0.2) is 5.60 Å². The number of nitrogens with one attached hydrogen (secondary N) is 1. The Hall–Kier alpha value is -1.35. The van der Waals surface area contributed by atoms with Gasteiger partial charge >= 0.3 is 0 Å². The summed E-state index contributed by atoms with van der Waals surface area (Å²) in [5.41, 5.74) is -0.0578. The number of methoxy groups -OCH3 is 1. The standard InChI is InChI=1S/C11H15NO2/c1-11(14-3,10(13)12-2)9-7-5-4-6-8-9/h4-8H,1-3H3,(H,12,13). The Kier molecular flexibility index (Phi) is 3.25. The summed E-state index contributed by atoms with van der Waals surface area (Å²) in [5.74, 6) is -0.147. The van der Waals surface area contributed by atoms with Gasteiger partial charge in [-0.15, -0.1) is 0 Å². The van der Waals surface area contributed by atoms with Crippen LogP contribution in [0.2, 0.25) is 0 Å². The van der Waals surface area contributed by atoms with Crippen LogP contribution in [0.15, 0.2) is 30.3 Å². The second-order valence-electron chi connectivity index (χ2n) is 3.18. The van der Waals surface area contributed by atoms with Gasteiger partial charge in [-0.1, -0.05) is 30.3 Å². The molecular weight excluding hydrogens is 178 g/mol. The number of hydrogen-bond acceptors (Lipinski definition) is 2. The fourth-order valence-corrected chi connectivity index (χ4v) is 1.34. The first-order valence-electron chi connectivity index (χ1n) is 4.48. The molecule has 0 radical (unpaired) electrons. The number of carbonyl (C=O) groups is 1. The fraction of sp³-hybridized carbons (Fsp3) is 0.364. The molecule has 0 aromatic heterocycles. The van der Waals surface area contributed by atoms with Crippen LogP contribution >= 0.6 is 0 Å². The van der Waals surface area contributed by atoms with Crippen LogP contribution in [0.3, 0.4) is 0 Å². The van der Waals surface area contributed by atoms with E-state index >= 15 is 0 Å². The highest BCUT2D eigenvalue weighted by Gasteiger charge is 2.33. The summed E-state index contributed by atoms with van der Waals surface area (Å²) in [7, 11) is 3.13. The summed E-state index contributed by atoms with van der Waals surface area (Å²) in [5, 5.41) is 2.59. The number of benzene rings is 1. The Labute approximate surface area is 84.1 Å². The third-order valence-electron chi connectivity index (χ3n) is 2.39. The molecule has 76 valence electrons. The van der Waals surface area contributed by atoms with E-state index in [1.54, 1.807) is 14.0 Å². The van der Waals surface area contributed by atoms with Gasteiger partial charge in [0.05, 0.1) is 0 Å². The zero-order valence-corrected chi connectivity index (χ0v) is 8.70. The molecule has 0 saturated carbocycles. The zero-order chi connectivity index (χ0) is 10.6. The van der Waals surface area contributed by atoms with Crippen molar-refractivity contribution in [3.8, 4) is 0 Å². The van der Waals surface area contributed by atoms with Crippen molar-refractivity contribution in [2.24, 2.45) is 0 Å². The molecule has 1 N–H and O–H groups in total. The van der Waals surface area contributed by atoms with E-state index in [-0.39, 0.29) is 5.91 Å². The van der Waals surface area contributed by atoms with Crippen LogP contribution in [-0.4, -0.2) is 20.1 Å². The number of hydrogen-bond donors (Lipinski definition) is 1. The molecule has 0 aliphatic carbocycles. The summed E-state index contributed by atoms with van der Waals surface area (Å²) in [6.07, 6.45) is 0. The van der Waals surface area contributed by atoms with Crippen LogP contribution in [0, 0.1) is 0 Å². The topological polar surface area (TPSA) is 38.3 Å². The molecule has 0 aliphatic rings. The van der Waals surface area contributed by atoms with Crippen LogP contribution in [-0.2, 0) is 15.1 Å². The maximum Gasteiger partial charge on any atom is 0.256 e. The van der Waals surface area contributed by atoms with E-state index in [0.717, 1.165) is 5.56 Å². The van der Waals surface area contributed by atoms with Crippen molar-refractivity contribution in [1.29, 1.82) is 0 Å². The Morgan fingerprint density at radius 2 is 1.93 bits per heavy atom. The molecule has 1 aromatic rings. The van der Waals surface area contributed by atoms with E-state index in [1.165, 1.54) is 7.11 Å². The first-order chi connectivity index (χ1) is 6.65. The highest BCUT2D eigenvalue weighted by atomic mass is 16.5. The lowest BCUT2D eigenvalue weighted by Gasteiger charge is -2.26. The average molecular weight is 193 g/mol. The van der Waals surface area contributed by atoms with Crippen molar-refractivity contribution < 1.29 is 9.53 Å². The Morgan fingerprint density at radius 1 is 1.36 bits per heavy atom. The molecule has 3 heteroatoms. The maximum absolute atomic E-state index is 11.6. The zero-order valence-electron chi connectivity index (χ0n) is 8.70. The molecule has 0 saturated heterocycles. The van der Waals surface area contributed by atoms with Gasteiger partial charge in [0.25, 0.3) is 5.91 Å². The lowest BCUT2D eigenvalue weighted by molar-refractivity contribution is -0.142. The predicted octanol–water partition coefficient (Wildman–Crippen LogP) is 1.29. The first kappa shape index (κ1) is 10.7. The molecule has 3 nitrogen and oxygen atoms in total. The average Bonchev–Trinajstić information content (AvgIpc) is 2.28.